The fourth-order valence-electron chi connectivity index (χ4n) is 2.05. The van der Waals surface area contributed by atoms with Gasteiger partial charge in [-0.2, -0.15) is 0 Å². The van der Waals surface area contributed by atoms with Crippen LogP contribution in [0.25, 0.3) is 0 Å². The van der Waals surface area contributed by atoms with E-state index in [1.54, 1.807) is 73.1 Å². The normalized spacial score (nSPS) is 10.1. The Morgan fingerprint density at radius 1 is 0.960 bits per heavy atom. The summed E-state index contributed by atoms with van der Waals surface area (Å²) in [5, 5.41) is 3.31. The second-order valence-electron chi connectivity index (χ2n) is 5.10. The summed E-state index contributed by atoms with van der Waals surface area (Å²) in [5.74, 6) is 1.65. The van der Waals surface area contributed by atoms with Crippen LogP contribution in [0, 0.1) is 0 Å². The number of aromatic nitrogens is 1. The van der Waals surface area contributed by atoms with Crippen molar-refractivity contribution in [3.8, 4) is 17.2 Å². The summed E-state index contributed by atoms with van der Waals surface area (Å²) in [4.78, 5) is 15.9. The summed E-state index contributed by atoms with van der Waals surface area (Å²) in [6.07, 6.45) is 3.31. The lowest BCUT2D eigenvalue weighted by atomic mass is 10.3. The molecule has 25 heavy (non-hydrogen) atoms. The predicted octanol–water partition coefficient (Wildman–Crippen LogP) is 4.54. The minimum atomic E-state index is -0.261. The molecule has 0 spiro atoms. The minimum Gasteiger partial charge on any atom is -0.484 e. The number of amides is 1. The van der Waals surface area contributed by atoms with Crippen LogP contribution >= 0.6 is 11.6 Å². The minimum absolute atomic E-state index is 0.102. The molecule has 0 radical (unpaired) electrons. The highest BCUT2D eigenvalue weighted by Gasteiger charge is 2.05. The van der Waals surface area contributed by atoms with Gasteiger partial charge in [0.25, 0.3) is 5.91 Å². The van der Waals surface area contributed by atoms with E-state index in [0.29, 0.717) is 28.0 Å². The third-order valence-corrected chi connectivity index (χ3v) is 3.42. The monoisotopic (exact) mass is 354 g/mol. The topological polar surface area (TPSA) is 60.5 Å². The van der Waals surface area contributed by atoms with Crippen LogP contribution in [0.5, 0.6) is 17.2 Å². The van der Waals surface area contributed by atoms with Gasteiger partial charge < -0.3 is 14.8 Å². The lowest BCUT2D eigenvalue weighted by Gasteiger charge is -2.09. The second kappa shape index (κ2) is 8.17. The number of benzene rings is 2. The van der Waals surface area contributed by atoms with Crippen molar-refractivity contribution in [1.82, 2.24) is 4.98 Å². The first-order valence-electron chi connectivity index (χ1n) is 7.55. The summed E-state index contributed by atoms with van der Waals surface area (Å²) in [5.41, 5.74) is 0.654. The Labute approximate surface area is 150 Å². The summed E-state index contributed by atoms with van der Waals surface area (Å²) in [7, 11) is 0. The molecule has 0 atom stereocenters. The van der Waals surface area contributed by atoms with Gasteiger partial charge >= 0.3 is 0 Å². The first kappa shape index (κ1) is 16.8. The van der Waals surface area contributed by atoms with Gasteiger partial charge in [0.1, 0.15) is 17.2 Å². The number of hydrogen-bond donors (Lipinski definition) is 1. The number of nitrogens with zero attached hydrogens (tertiary/aromatic N) is 1. The first-order chi connectivity index (χ1) is 12.2. The van der Waals surface area contributed by atoms with Gasteiger partial charge in [0.15, 0.2) is 6.61 Å². The third-order valence-electron chi connectivity index (χ3n) is 3.19. The van der Waals surface area contributed by atoms with Gasteiger partial charge in [-0.3, -0.25) is 9.78 Å². The number of hydrogen-bond acceptors (Lipinski definition) is 4. The zero-order valence-electron chi connectivity index (χ0n) is 13.2. The van der Waals surface area contributed by atoms with Crippen LogP contribution in [-0.4, -0.2) is 17.5 Å². The number of nitrogens with one attached hydrogen (secondary N) is 1. The zero-order valence-corrected chi connectivity index (χ0v) is 13.9. The van der Waals surface area contributed by atoms with E-state index >= 15 is 0 Å². The molecule has 126 valence electrons. The van der Waals surface area contributed by atoms with Crippen molar-refractivity contribution in [2.75, 3.05) is 11.9 Å². The number of ether oxygens (including phenoxy) is 2. The van der Waals surface area contributed by atoms with Crippen molar-refractivity contribution in [2.24, 2.45) is 0 Å². The van der Waals surface area contributed by atoms with Crippen LogP contribution in [0.3, 0.4) is 0 Å². The molecule has 3 rings (SSSR count). The van der Waals surface area contributed by atoms with Gasteiger partial charge in [-0.25, -0.2) is 0 Å². The van der Waals surface area contributed by atoms with Gasteiger partial charge in [-0.15, -0.1) is 0 Å². The average molecular weight is 355 g/mol. The van der Waals surface area contributed by atoms with Crippen LogP contribution in [-0.2, 0) is 4.79 Å². The molecule has 1 aromatic heterocycles. The Balaban J connectivity index is 1.51. The molecule has 1 N–H and O–H groups in total. The molecule has 3 aromatic rings. The quantitative estimate of drug-likeness (QED) is 0.705. The number of carbonyl (C=O) groups is 1. The number of anilines is 1. The molecule has 0 saturated heterocycles. The molecule has 0 aliphatic heterocycles. The van der Waals surface area contributed by atoms with Gasteiger partial charge in [0.05, 0.1) is 0 Å². The second-order valence-corrected chi connectivity index (χ2v) is 5.54. The molecular weight excluding hydrogens is 340 g/mol. The Kier molecular flexibility index (Phi) is 5.49. The van der Waals surface area contributed by atoms with Crippen molar-refractivity contribution in [1.29, 1.82) is 0 Å². The Hall–Kier alpha value is -3.05. The summed E-state index contributed by atoms with van der Waals surface area (Å²) < 4.78 is 11.1. The summed E-state index contributed by atoms with van der Waals surface area (Å²) in [6, 6.07) is 17.5. The molecule has 2 aromatic carbocycles. The Bertz CT molecular complexity index is 839. The maximum atomic E-state index is 11.9. The van der Waals surface area contributed by atoms with Crippen molar-refractivity contribution in [3.63, 3.8) is 0 Å². The highest BCUT2D eigenvalue weighted by molar-refractivity contribution is 6.30. The third kappa shape index (κ3) is 5.22. The largest absolute Gasteiger partial charge is 0.484 e. The van der Waals surface area contributed by atoms with Crippen molar-refractivity contribution < 1.29 is 14.3 Å². The van der Waals surface area contributed by atoms with E-state index in [9.17, 15) is 4.79 Å². The molecule has 1 heterocycles. The van der Waals surface area contributed by atoms with Gasteiger partial charge in [0.2, 0.25) is 0 Å². The smallest absolute Gasteiger partial charge is 0.262 e. The fraction of sp³-hybridized carbons (Fsp3) is 0.0526. The van der Waals surface area contributed by atoms with Crippen molar-refractivity contribution in [2.45, 2.75) is 0 Å². The first-order valence-corrected chi connectivity index (χ1v) is 7.93. The molecule has 0 unspecified atom stereocenters. The van der Waals surface area contributed by atoms with E-state index in [2.05, 4.69) is 10.3 Å². The maximum Gasteiger partial charge on any atom is 0.262 e. The highest BCUT2D eigenvalue weighted by atomic mass is 35.5. The molecule has 0 fully saturated rings. The Morgan fingerprint density at radius 3 is 2.40 bits per heavy atom. The van der Waals surface area contributed by atoms with Gasteiger partial charge in [-0.1, -0.05) is 17.7 Å². The SMILES string of the molecule is O=C(COc1cccc(Cl)c1)Nc1ccc(Oc2ccncc2)cc1. The lowest BCUT2D eigenvalue weighted by molar-refractivity contribution is -0.118. The maximum absolute atomic E-state index is 11.9. The van der Waals surface area contributed by atoms with E-state index in [-0.39, 0.29) is 12.5 Å². The lowest BCUT2D eigenvalue weighted by Crippen LogP contribution is -2.20. The molecular formula is C19H15ClN2O3. The number of carbonyl (C=O) groups excluding carboxylic acids is 1. The van der Waals surface area contributed by atoms with Crippen LogP contribution < -0.4 is 14.8 Å². The van der Waals surface area contributed by atoms with Gasteiger partial charge in [0, 0.05) is 23.1 Å². The molecule has 0 aliphatic carbocycles. The van der Waals surface area contributed by atoms with E-state index in [4.69, 9.17) is 21.1 Å². The number of pyridine rings is 1. The molecule has 6 heteroatoms. The van der Waals surface area contributed by atoms with Crippen LogP contribution in [0.2, 0.25) is 5.02 Å². The zero-order chi connectivity index (χ0) is 17.5. The predicted molar refractivity (Wildman–Crippen MR) is 96.3 cm³/mol. The fourth-order valence-corrected chi connectivity index (χ4v) is 2.23. The molecule has 0 bridgehead atoms. The van der Waals surface area contributed by atoms with E-state index in [1.165, 1.54) is 0 Å². The van der Waals surface area contributed by atoms with E-state index < -0.39 is 0 Å². The molecule has 0 saturated carbocycles. The summed E-state index contributed by atoms with van der Waals surface area (Å²) in [6.45, 7) is -0.102. The number of rotatable bonds is 6. The number of halogens is 1. The van der Waals surface area contributed by atoms with E-state index in [0.717, 1.165) is 0 Å². The average Bonchev–Trinajstić information content (AvgIpc) is 2.63. The van der Waals surface area contributed by atoms with Gasteiger partial charge in [-0.05, 0) is 54.6 Å². The van der Waals surface area contributed by atoms with Crippen LogP contribution in [0.15, 0.2) is 73.1 Å². The Morgan fingerprint density at radius 2 is 1.68 bits per heavy atom. The van der Waals surface area contributed by atoms with Crippen molar-refractivity contribution >= 4 is 23.2 Å². The van der Waals surface area contributed by atoms with Crippen LogP contribution in [0.1, 0.15) is 0 Å². The summed E-state index contributed by atoms with van der Waals surface area (Å²) >= 11 is 5.87. The van der Waals surface area contributed by atoms with E-state index in [1.807, 2.05) is 0 Å². The standard InChI is InChI=1S/C19H15ClN2O3/c20-14-2-1-3-18(12-14)24-13-19(23)22-15-4-6-16(7-5-15)25-17-8-10-21-11-9-17/h1-12H,13H2,(H,22,23). The molecule has 5 nitrogen and oxygen atoms in total. The molecule has 0 aliphatic rings. The molecule has 1 amide bonds. The highest BCUT2D eigenvalue weighted by Crippen LogP contribution is 2.22. The van der Waals surface area contributed by atoms with Crippen LogP contribution in [0.4, 0.5) is 5.69 Å². The van der Waals surface area contributed by atoms with Crippen molar-refractivity contribution in [3.05, 3.63) is 78.1 Å².